The molecule has 0 radical (unpaired) electrons. The van der Waals surface area contributed by atoms with Gasteiger partial charge in [-0.2, -0.15) is 0 Å². The Morgan fingerprint density at radius 2 is 2.10 bits per heavy atom. The molecule has 3 rings (SSSR count). The summed E-state index contributed by atoms with van der Waals surface area (Å²) in [6, 6.07) is 3.71. The summed E-state index contributed by atoms with van der Waals surface area (Å²) in [6.07, 6.45) is 4.05. The van der Waals surface area contributed by atoms with Gasteiger partial charge in [-0.3, -0.25) is 18.9 Å². The topological polar surface area (TPSA) is 75.9 Å². The number of hydrogen-bond donors (Lipinski definition) is 1. The average molecular weight is 433 g/mol. The number of rotatable bonds is 8. The van der Waals surface area contributed by atoms with E-state index in [1.54, 1.807) is 23.2 Å². The van der Waals surface area contributed by atoms with Gasteiger partial charge in [0, 0.05) is 32.5 Å². The maximum atomic E-state index is 13.1. The van der Waals surface area contributed by atoms with Crippen molar-refractivity contribution in [1.29, 1.82) is 0 Å². The highest BCUT2D eigenvalue weighted by molar-refractivity contribution is 8.26. The van der Waals surface area contributed by atoms with Gasteiger partial charge in [0.25, 0.3) is 11.5 Å². The van der Waals surface area contributed by atoms with Crippen LogP contribution in [0.5, 0.6) is 0 Å². The molecule has 1 saturated heterocycles. The predicted octanol–water partition coefficient (Wildman–Crippen LogP) is 3.06. The van der Waals surface area contributed by atoms with E-state index in [1.807, 2.05) is 26.8 Å². The van der Waals surface area contributed by atoms with Crippen LogP contribution < -0.4 is 10.9 Å². The zero-order valence-electron chi connectivity index (χ0n) is 16.7. The van der Waals surface area contributed by atoms with E-state index in [4.69, 9.17) is 17.0 Å². The molecule has 1 aliphatic heterocycles. The number of aryl methyl sites for hydroxylation is 1. The molecule has 0 aliphatic carbocycles. The van der Waals surface area contributed by atoms with E-state index in [2.05, 4.69) is 10.3 Å². The van der Waals surface area contributed by atoms with Crippen molar-refractivity contribution < 1.29 is 9.53 Å². The molecule has 0 aromatic carbocycles. The zero-order valence-corrected chi connectivity index (χ0v) is 18.4. The quantitative estimate of drug-likeness (QED) is 0.390. The minimum absolute atomic E-state index is 0.187. The lowest BCUT2D eigenvalue weighted by molar-refractivity contribution is -0.122. The van der Waals surface area contributed by atoms with Gasteiger partial charge in [0.2, 0.25) is 0 Å². The van der Waals surface area contributed by atoms with E-state index in [9.17, 15) is 9.59 Å². The highest BCUT2D eigenvalue weighted by Crippen LogP contribution is 2.33. The maximum absolute atomic E-state index is 13.1. The number of anilines is 1. The Morgan fingerprint density at radius 1 is 1.31 bits per heavy atom. The van der Waals surface area contributed by atoms with Gasteiger partial charge < -0.3 is 10.1 Å². The van der Waals surface area contributed by atoms with Gasteiger partial charge in [-0.05, 0) is 44.9 Å². The molecule has 0 unspecified atom stereocenters. The highest BCUT2D eigenvalue weighted by atomic mass is 32.2. The average Bonchev–Trinajstić information content (AvgIpc) is 2.96. The third-order valence-corrected chi connectivity index (χ3v) is 5.75. The van der Waals surface area contributed by atoms with Gasteiger partial charge in [-0.1, -0.05) is 30.0 Å². The summed E-state index contributed by atoms with van der Waals surface area (Å²) in [5.74, 6) is 0.274. The van der Waals surface area contributed by atoms with Crippen LogP contribution in [0, 0.1) is 6.92 Å². The van der Waals surface area contributed by atoms with Crippen LogP contribution in [0.4, 0.5) is 5.82 Å². The monoisotopic (exact) mass is 432 g/mol. The number of ether oxygens (including phenoxy) is 1. The molecule has 0 spiro atoms. The van der Waals surface area contributed by atoms with Crippen molar-refractivity contribution in [3.05, 3.63) is 44.7 Å². The van der Waals surface area contributed by atoms with Crippen LogP contribution in [0.2, 0.25) is 0 Å². The molecule has 7 nitrogen and oxygen atoms in total. The molecular formula is C20H24N4O3S2. The van der Waals surface area contributed by atoms with Crippen LogP contribution in [-0.4, -0.2) is 50.8 Å². The fourth-order valence-electron chi connectivity index (χ4n) is 2.98. The number of thioether (sulfide) groups is 1. The van der Waals surface area contributed by atoms with Gasteiger partial charge in [-0.25, -0.2) is 4.98 Å². The van der Waals surface area contributed by atoms with Crippen molar-refractivity contribution in [2.24, 2.45) is 0 Å². The molecule has 9 heteroatoms. The normalized spacial score (nSPS) is 15.7. The van der Waals surface area contributed by atoms with Crippen molar-refractivity contribution in [2.45, 2.75) is 27.2 Å². The molecule has 1 amide bonds. The molecule has 2 aromatic rings. The van der Waals surface area contributed by atoms with Gasteiger partial charge in [-0.15, -0.1) is 0 Å². The number of hydrogen-bond acceptors (Lipinski definition) is 7. The second kappa shape index (κ2) is 9.51. The molecule has 0 atom stereocenters. The van der Waals surface area contributed by atoms with E-state index >= 15 is 0 Å². The fraction of sp³-hybridized carbons (Fsp3) is 0.400. The number of nitrogens with one attached hydrogen (secondary N) is 1. The molecule has 2 aromatic heterocycles. The second-order valence-corrected chi connectivity index (χ2v) is 8.20. The molecule has 154 valence electrons. The standard InChI is InChI=1S/C20H24N4O3S2/c1-4-21-17-14(18(25)24-12-13(3)7-8-16(24)22-17)11-15-19(26)23(20(28)29-15)9-6-10-27-5-2/h7-8,11-12,21H,4-6,9-10H2,1-3H3/b15-11+. The van der Waals surface area contributed by atoms with Crippen LogP contribution >= 0.6 is 24.0 Å². The molecule has 3 heterocycles. The van der Waals surface area contributed by atoms with Crippen LogP contribution in [-0.2, 0) is 9.53 Å². The smallest absolute Gasteiger partial charge is 0.267 e. The lowest BCUT2D eigenvalue weighted by Gasteiger charge is -2.14. The molecular weight excluding hydrogens is 408 g/mol. The molecule has 0 saturated carbocycles. The molecule has 1 N–H and O–H groups in total. The Balaban J connectivity index is 1.97. The van der Waals surface area contributed by atoms with Crippen LogP contribution in [0.25, 0.3) is 11.7 Å². The summed E-state index contributed by atoms with van der Waals surface area (Å²) in [5, 5.41) is 3.13. The van der Waals surface area contributed by atoms with E-state index in [1.165, 1.54) is 16.2 Å². The van der Waals surface area contributed by atoms with Crippen molar-refractivity contribution in [2.75, 3.05) is 31.6 Å². The third kappa shape index (κ3) is 4.68. The van der Waals surface area contributed by atoms with Gasteiger partial charge >= 0.3 is 0 Å². The number of aromatic nitrogens is 2. The Hall–Kier alpha value is -2.23. The van der Waals surface area contributed by atoms with Gasteiger partial charge in [0.15, 0.2) is 0 Å². The molecule has 29 heavy (non-hydrogen) atoms. The number of fused-ring (bicyclic) bond motifs is 1. The summed E-state index contributed by atoms with van der Waals surface area (Å²) in [7, 11) is 0. The summed E-state index contributed by atoms with van der Waals surface area (Å²) in [4.78, 5) is 32.5. The predicted molar refractivity (Wildman–Crippen MR) is 121 cm³/mol. The van der Waals surface area contributed by atoms with E-state index in [0.29, 0.717) is 59.0 Å². The summed E-state index contributed by atoms with van der Waals surface area (Å²) in [6.45, 7) is 8.10. The number of carbonyl (C=O) groups excluding carboxylic acids is 1. The largest absolute Gasteiger partial charge is 0.382 e. The third-order valence-electron chi connectivity index (χ3n) is 4.37. The minimum atomic E-state index is -0.226. The Morgan fingerprint density at radius 3 is 2.83 bits per heavy atom. The van der Waals surface area contributed by atoms with E-state index in [-0.39, 0.29) is 11.5 Å². The first-order valence-corrected chi connectivity index (χ1v) is 10.8. The lowest BCUT2D eigenvalue weighted by atomic mass is 10.2. The SMILES string of the molecule is CCNc1nc2ccc(C)cn2c(=O)c1/C=C1/SC(=S)N(CCCOCC)C1=O. The Labute approximate surface area is 179 Å². The minimum Gasteiger partial charge on any atom is -0.382 e. The Bertz CT molecular complexity index is 1030. The van der Waals surface area contributed by atoms with Crippen molar-refractivity contribution in [1.82, 2.24) is 14.3 Å². The molecule has 0 bridgehead atoms. The maximum Gasteiger partial charge on any atom is 0.267 e. The Kier molecular flexibility index (Phi) is 7.05. The zero-order chi connectivity index (χ0) is 21.0. The summed E-state index contributed by atoms with van der Waals surface area (Å²) >= 11 is 6.58. The van der Waals surface area contributed by atoms with Gasteiger partial charge in [0.1, 0.15) is 15.8 Å². The van der Waals surface area contributed by atoms with Crippen LogP contribution in [0.1, 0.15) is 31.4 Å². The number of carbonyl (C=O) groups is 1. The number of amides is 1. The first-order chi connectivity index (χ1) is 14.0. The lowest BCUT2D eigenvalue weighted by Crippen LogP contribution is -2.29. The molecule has 1 aliphatic rings. The highest BCUT2D eigenvalue weighted by Gasteiger charge is 2.32. The van der Waals surface area contributed by atoms with Crippen molar-refractivity contribution >= 4 is 51.7 Å². The number of thiocarbonyl (C=S) groups is 1. The summed E-state index contributed by atoms with van der Waals surface area (Å²) in [5.41, 5.74) is 1.63. The van der Waals surface area contributed by atoms with E-state index in [0.717, 1.165) is 5.56 Å². The molecule has 1 fully saturated rings. The van der Waals surface area contributed by atoms with Gasteiger partial charge in [0.05, 0.1) is 10.5 Å². The van der Waals surface area contributed by atoms with Crippen LogP contribution in [0.3, 0.4) is 0 Å². The van der Waals surface area contributed by atoms with E-state index < -0.39 is 0 Å². The fourth-order valence-corrected chi connectivity index (χ4v) is 4.27. The number of nitrogens with zero attached hydrogens (tertiary/aromatic N) is 3. The second-order valence-electron chi connectivity index (χ2n) is 6.53. The van der Waals surface area contributed by atoms with Crippen molar-refractivity contribution in [3.63, 3.8) is 0 Å². The number of pyridine rings is 1. The van der Waals surface area contributed by atoms with Crippen molar-refractivity contribution in [3.8, 4) is 0 Å². The first-order valence-electron chi connectivity index (χ1n) is 9.56. The van der Waals surface area contributed by atoms with Crippen LogP contribution in [0.15, 0.2) is 28.0 Å². The first kappa shape index (κ1) is 21.5. The summed E-state index contributed by atoms with van der Waals surface area (Å²) < 4.78 is 7.33.